The van der Waals surface area contributed by atoms with Crippen LogP contribution in [-0.2, 0) is 4.79 Å². The number of unbranched alkanes of at least 4 members (excludes halogenated alkanes) is 20. The van der Waals surface area contributed by atoms with E-state index in [-0.39, 0.29) is 12.5 Å². The maximum absolute atomic E-state index is 12.3. The van der Waals surface area contributed by atoms with Crippen LogP contribution in [0.4, 0.5) is 0 Å². The molecule has 0 bridgehead atoms. The Kier molecular flexibility index (Phi) is 32.0. The minimum Gasteiger partial charge on any atom is -0.394 e. The molecule has 41 heavy (non-hydrogen) atoms. The third-order valence-electron chi connectivity index (χ3n) is 7.87. The summed E-state index contributed by atoms with van der Waals surface area (Å²) >= 11 is 0. The molecule has 0 radical (unpaired) electrons. The van der Waals surface area contributed by atoms with Crippen LogP contribution in [0.2, 0.25) is 0 Å². The molecule has 0 aromatic carbocycles. The number of carbonyl (C=O) groups excluding carboxylic acids is 1. The van der Waals surface area contributed by atoms with Crippen molar-refractivity contribution in [1.82, 2.24) is 5.32 Å². The first-order valence-electron chi connectivity index (χ1n) is 17.7. The van der Waals surface area contributed by atoms with E-state index in [1.54, 1.807) is 6.08 Å². The molecule has 0 aliphatic carbocycles. The van der Waals surface area contributed by atoms with E-state index in [1.807, 2.05) is 6.08 Å². The van der Waals surface area contributed by atoms with Gasteiger partial charge in [-0.15, -0.1) is 0 Å². The summed E-state index contributed by atoms with van der Waals surface area (Å²) in [6, 6.07) is -0.626. The van der Waals surface area contributed by atoms with E-state index in [9.17, 15) is 15.0 Å². The molecule has 0 aliphatic rings. The van der Waals surface area contributed by atoms with Gasteiger partial charge in [-0.2, -0.15) is 0 Å². The molecule has 0 heterocycles. The molecular formula is C37H69NO3. The van der Waals surface area contributed by atoms with E-state index in [2.05, 4.69) is 43.5 Å². The lowest BCUT2D eigenvalue weighted by Gasteiger charge is -2.20. The monoisotopic (exact) mass is 576 g/mol. The van der Waals surface area contributed by atoms with Gasteiger partial charge in [0.1, 0.15) is 0 Å². The third-order valence-corrected chi connectivity index (χ3v) is 7.87. The van der Waals surface area contributed by atoms with Crippen molar-refractivity contribution < 1.29 is 15.0 Å². The first kappa shape index (κ1) is 39.6. The van der Waals surface area contributed by atoms with Crippen LogP contribution in [0, 0.1) is 0 Å². The van der Waals surface area contributed by atoms with Gasteiger partial charge in [0.25, 0.3) is 0 Å². The van der Waals surface area contributed by atoms with Crippen molar-refractivity contribution in [2.24, 2.45) is 0 Å². The standard InChI is InChI=1S/C37H69NO3/c1-3-5-7-9-11-13-15-17-19-20-22-24-26-28-30-32-36(40)35(34-39)38-37(41)33-31-29-27-25-23-21-18-16-14-12-10-8-6-4-2/h10,12,16,18,30,32,35-36,39-40H,3-9,11,13-15,17,19-29,31,33-34H2,1-2H3,(H,38,41)/b12-10-,18-16-,32-30+. The van der Waals surface area contributed by atoms with Crippen molar-refractivity contribution in [3.63, 3.8) is 0 Å². The van der Waals surface area contributed by atoms with Gasteiger partial charge in [-0.25, -0.2) is 0 Å². The Labute approximate surface area is 255 Å². The normalized spacial score (nSPS) is 13.6. The van der Waals surface area contributed by atoms with Crippen LogP contribution in [-0.4, -0.2) is 34.9 Å². The van der Waals surface area contributed by atoms with Gasteiger partial charge in [0.2, 0.25) is 5.91 Å². The zero-order valence-electron chi connectivity index (χ0n) is 27.3. The number of hydrogen-bond donors (Lipinski definition) is 3. The van der Waals surface area contributed by atoms with Crippen molar-refractivity contribution in [3.8, 4) is 0 Å². The SMILES string of the molecule is CCCC/C=C\C/C=C\CCCCCCCC(=O)NC(CO)C(O)/C=C/CCCCCCCCCCCCCCC. The van der Waals surface area contributed by atoms with Gasteiger partial charge in [-0.1, -0.05) is 159 Å². The topological polar surface area (TPSA) is 69.6 Å². The summed E-state index contributed by atoms with van der Waals surface area (Å²) in [6.07, 6.45) is 42.2. The number of amides is 1. The predicted molar refractivity (Wildman–Crippen MR) is 179 cm³/mol. The fourth-order valence-electron chi connectivity index (χ4n) is 5.07. The zero-order valence-corrected chi connectivity index (χ0v) is 27.3. The molecule has 4 nitrogen and oxygen atoms in total. The number of carbonyl (C=O) groups is 1. The first-order chi connectivity index (χ1) is 20.2. The largest absolute Gasteiger partial charge is 0.394 e. The molecule has 2 unspecified atom stereocenters. The maximum Gasteiger partial charge on any atom is 0.220 e. The Hall–Kier alpha value is -1.39. The second kappa shape index (κ2) is 33.1. The molecule has 0 rings (SSSR count). The molecule has 0 saturated carbocycles. The van der Waals surface area contributed by atoms with Gasteiger partial charge in [-0.3, -0.25) is 4.79 Å². The fourth-order valence-corrected chi connectivity index (χ4v) is 5.07. The first-order valence-corrected chi connectivity index (χ1v) is 17.7. The fraction of sp³-hybridized carbons (Fsp3) is 0.811. The Morgan fingerprint density at radius 2 is 1.02 bits per heavy atom. The minimum atomic E-state index is -0.842. The van der Waals surface area contributed by atoms with E-state index >= 15 is 0 Å². The van der Waals surface area contributed by atoms with Gasteiger partial charge in [0.15, 0.2) is 0 Å². The molecule has 240 valence electrons. The summed E-state index contributed by atoms with van der Waals surface area (Å²) in [6.45, 7) is 4.24. The van der Waals surface area contributed by atoms with Crippen molar-refractivity contribution >= 4 is 5.91 Å². The molecule has 0 fully saturated rings. The summed E-state index contributed by atoms with van der Waals surface area (Å²) in [5.41, 5.74) is 0. The maximum atomic E-state index is 12.3. The second-order valence-electron chi connectivity index (χ2n) is 11.9. The number of aliphatic hydroxyl groups is 2. The summed E-state index contributed by atoms with van der Waals surface area (Å²) in [7, 11) is 0. The highest BCUT2D eigenvalue weighted by atomic mass is 16.3. The Morgan fingerprint density at radius 3 is 1.54 bits per heavy atom. The van der Waals surface area contributed by atoms with Crippen LogP contribution in [0.3, 0.4) is 0 Å². The van der Waals surface area contributed by atoms with Crippen LogP contribution in [0.5, 0.6) is 0 Å². The van der Waals surface area contributed by atoms with E-state index in [0.29, 0.717) is 6.42 Å². The van der Waals surface area contributed by atoms with Crippen LogP contribution in [0.25, 0.3) is 0 Å². The Morgan fingerprint density at radius 1 is 0.585 bits per heavy atom. The van der Waals surface area contributed by atoms with Gasteiger partial charge in [-0.05, 0) is 44.9 Å². The van der Waals surface area contributed by atoms with Crippen molar-refractivity contribution in [3.05, 3.63) is 36.5 Å². The molecule has 3 N–H and O–H groups in total. The van der Waals surface area contributed by atoms with Crippen molar-refractivity contribution in [1.29, 1.82) is 0 Å². The quantitative estimate of drug-likeness (QED) is 0.0569. The summed E-state index contributed by atoms with van der Waals surface area (Å²) in [4.78, 5) is 12.3. The Balaban J connectivity index is 3.67. The van der Waals surface area contributed by atoms with E-state index < -0.39 is 12.1 Å². The van der Waals surface area contributed by atoms with Crippen LogP contribution < -0.4 is 5.32 Å². The molecular weight excluding hydrogens is 506 g/mol. The van der Waals surface area contributed by atoms with Crippen LogP contribution >= 0.6 is 0 Å². The van der Waals surface area contributed by atoms with E-state index in [1.165, 1.54) is 109 Å². The molecule has 0 saturated heterocycles. The third kappa shape index (κ3) is 29.9. The lowest BCUT2D eigenvalue weighted by molar-refractivity contribution is -0.123. The zero-order chi connectivity index (χ0) is 30.1. The van der Waals surface area contributed by atoms with Gasteiger partial charge < -0.3 is 15.5 Å². The molecule has 1 amide bonds. The number of rotatable bonds is 31. The average molecular weight is 576 g/mol. The second-order valence-corrected chi connectivity index (χ2v) is 11.9. The van der Waals surface area contributed by atoms with Gasteiger partial charge in [0.05, 0.1) is 18.8 Å². The summed E-state index contributed by atoms with van der Waals surface area (Å²) in [5, 5.41) is 22.8. The molecule has 0 spiro atoms. The number of hydrogen-bond acceptors (Lipinski definition) is 3. The van der Waals surface area contributed by atoms with Crippen molar-refractivity contribution in [2.45, 2.75) is 187 Å². The molecule has 0 aromatic rings. The molecule has 0 aliphatic heterocycles. The lowest BCUT2D eigenvalue weighted by atomic mass is 10.0. The average Bonchev–Trinajstić information content (AvgIpc) is 2.97. The highest BCUT2D eigenvalue weighted by molar-refractivity contribution is 5.76. The number of nitrogens with one attached hydrogen (secondary N) is 1. The van der Waals surface area contributed by atoms with Crippen LogP contribution in [0.1, 0.15) is 174 Å². The number of allylic oxidation sites excluding steroid dienone is 5. The van der Waals surface area contributed by atoms with Crippen LogP contribution in [0.15, 0.2) is 36.5 Å². The highest BCUT2D eigenvalue weighted by Gasteiger charge is 2.17. The van der Waals surface area contributed by atoms with Gasteiger partial charge >= 0.3 is 0 Å². The summed E-state index contributed by atoms with van der Waals surface area (Å²) < 4.78 is 0. The minimum absolute atomic E-state index is 0.0806. The van der Waals surface area contributed by atoms with E-state index in [4.69, 9.17) is 0 Å². The predicted octanol–water partition coefficient (Wildman–Crippen LogP) is 10.3. The van der Waals surface area contributed by atoms with E-state index in [0.717, 1.165) is 44.9 Å². The number of aliphatic hydroxyl groups excluding tert-OH is 2. The van der Waals surface area contributed by atoms with Gasteiger partial charge in [0, 0.05) is 6.42 Å². The highest BCUT2D eigenvalue weighted by Crippen LogP contribution is 2.13. The molecule has 2 atom stereocenters. The summed E-state index contributed by atoms with van der Waals surface area (Å²) in [5.74, 6) is -0.0806. The molecule has 0 aromatic heterocycles. The van der Waals surface area contributed by atoms with Crippen molar-refractivity contribution in [2.75, 3.05) is 6.61 Å². The Bertz CT molecular complexity index is 628. The lowest BCUT2D eigenvalue weighted by Crippen LogP contribution is -2.45. The molecule has 4 heteroatoms. The smallest absolute Gasteiger partial charge is 0.220 e.